The zero-order valence-electron chi connectivity index (χ0n) is 14.4. The third-order valence-corrected chi connectivity index (χ3v) is 4.49. The predicted octanol–water partition coefficient (Wildman–Crippen LogP) is 4.22. The molecule has 0 fully saturated rings. The molecule has 6 nitrogen and oxygen atoms in total. The molecule has 27 heavy (non-hydrogen) atoms. The monoisotopic (exact) mass is 359 g/mol. The van der Waals surface area contributed by atoms with Gasteiger partial charge in [-0.3, -0.25) is 4.40 Å². The van der Waals surface area contributed by atoms with Crippen LogP contribution < -0.4 is 14.8 Å². The van der Waals surface area contributed by atoms with Crippen LogP contribution >= 0.6 is 0 Å². The Labute approximate surface area is 155 Å². The number of phenols is 1. The Balaban J connectivity index is 1.64. The molecule has 2 aromatic heterocycles. The first kappa shape index (κ1) is 15.6. The van der Waals surface area contributed by atoms with E-state index >= 15 is 0 Å². The topological polar surface area (TPSA) is 68.0 Å². The number of aromatic nitrogens is 2. The number of rotatable bonds is 3. The van der Waals surface area contributed by atoms with Gasteiger partial charge in [-0.15, -0.1) is 0 Å². The van der Waals surface area contributed by atoms with Gasteiger partial charge in [0.15, 0.2) is 11.5 Å². The van der Waals surface area contributed by atoms with Crippen LogP contribution in [0.3, 0.4) is 0 Å². The average molecular weight is 359 g/mol. The van der Waals surface area contributed by atoms with Gasteiger partial charge in [0.1, 0.15) is 36.1 Å². The van der Waals surface area contributed by atoms with E-state index in [9.17, 15) is 5.11 Å². The van der Waals surface area contributed by atoms with Crippen molar-refractivity contribution in [2.75, 3.05) is 18.5 Å². The van der Waals surface area contributed by atoms with Gasteiger partial charge in [-0.1, -0.05) is 18.2 Å². The number of nitrogens with zero attached hydrogens (tertiary/aromatic N) is 2. The maximum absolute atomic E-state index is 10.3. The lowest BCUT2D eigenvalue weighted by Crippen LogP contribution is -2.15. The lowest BCUT2D eigenvalue weighted by Gasteiger charge is -2.19. The minimum Gasteiger partial charge on any atom is -0.507 e. The molecule has 1 aliphatic rings. The van der Waals surface area contributed by atoms with Crippen molar-refractivity contribution < 1.29 is 14.6 Å². The van der Waals surface area contributed by atoms with E-state index in [-0.39, 0.29) is 5.75 Å². The van der Waals surface area contributed by atoms with E-state index in [2.05, 4.69) is 5.32 Å². The van der Waals surface area contributed by atoms with Gasteiger partial charge in [-0.25, -0.2) is 4.98 Å². The van der Waals surface area contributed by atoms with Gasteiger partial charge in [0.25, 0.3) is 0 Å². The highest BCUT2D eigenvalue weighted by atomic mass is 16.6. The summed E-state index contributed by atoms with van der Waals surface area (Å²) in [6, 6.07) is 18.7. The van der Waals surface area contributed by atoms with Crippen LogP contribution in [-0.4, -0.2) is 27.7 Å². The summed E-state index contributed by atoms with van der Waals surface area (Å²) < 4.78 is 13.2. The third-order valence-electron chi connectivity index (χ3n) is 4.49. The van der Waals surface area contributed by atoms with Crippen LogP contribution in [0.25, 0.3) is 16.9 Å². The molecule has 0 saturated carbocycles. The quantitative estimate of drug-likeness (QED) is 0.573. The van der Waals surface area contributed by atoms with Crippen molar-refractivity contribution in [2.45, 2.75) is 0 Å². The standard InChI is InChI=1S/C21H17N3O3/c25-16-6-2-1-5-15(16)20-21(24-10-4-3-7-19(24)23-20)22-14-8-9-17-18(13-14)27-12-11-26-17/h1-10,13,22,25H,11-12H2. The van der Waals surface area contributed by atoms with Crippen LogP contribution in [0.15, 0.2) is 66.9 Å². The highest BCUT2D eigenvalue weighted by Crippen LogP contribution is 2.38. The van der Waals surface area contributed by atoms with Gasteiger partial charge in [0, 0.05) is 23.5 Å². The maximum Gasteiger partial charge on any atom is 0.163 e. The van der Waals surface area contributed by atoms with Crippen molar-refractivity contribution in [1.82, 2.24) is 9.38 Å². The summed E-state index contributed by atoms with van der Waals surface area (Å²) in [5.74, 6) is 2.41. The second-order valence-corrected chi connectivity index (χ2v) is 6.24. The Morgan fingerprint density at radius 1 is 0.926 bits per heavy atom. The van der Waals surface area contributed by atoms with Crippen LogP contribution in [0.4, 0.5) is 11.5 Å². The Bertz CT molecular complexity index is 1140. The summed E-state index contributed by atoms with van der Waals surface area (Å²) in [6.45, 7) is 1.10. The first-order chi connectivity index (χ1) is 13.3. The molecule has 0 amide bonds. The zero-order valence-corrected chi connectivity index (χ0v) is 14.4. The van der Waals surface area contributed by atoms with Crippen LogP contribution in [0, 0.1) is 0 Å². The molecule has 0 radical (unpaired) electrons. The first-order valence-corrected chi connectivity index (χ1v) is 8.72. The Morgan fingerprint density at radius 3 is 2.63 bits per heavy atom. The second kappa shape index (κ2) is 6.25. The van der Waals surface area contributed by atoms with Gasteiger partial charge >= 0.3 is 0 Å². The number of nitrogens with one attached hydrogen (secondary N) is 1. The summed E-state index contributed by atoms with van der Waals surface area (Å²) in [7, 11) is 0. The summed E-state index contributed by atoms with van der Waals surface area (Å²) >= 11 is 0. The molecule has 0 saturated heterocycles. The second-order valence-electron chi connectivity index (χ2n) is 6.24. The van der Waals surface area contributed by atoms with E-state index in [0.717, 1.165) is 22.9 Å². The molecule has 2 N–H and O–H groups in total. The van der Waals surface area contributed by atoms with Crippen molar-refractivity contribution in [1.29, 1.82) is 0 Å². The van der Waals surface area contributed by atoms with Gasteiger partial charge < -0.3 is 19.9 Å². The lowest BCUT2D eigenvalue weighted by atomic mass is 10.1. The smallest absolute Gasteiger partial charge is 0.163 e. The number of hydrogen-bond donors (Lipinski definition) is 2. The largest absolute Gasteiger partial charge is 0.507 e. The molecule has 1 aliphatic heterocycles. The maximum atomic E-state index is 10.3. The molecule has 134 valence electrons. The number of pyridine rings is 1. The Morgan fingerprint density at radius 2 is 1.74 bits per heavy atom. The number of phenolic OH excluding ortho intramolecular Hbond substituents is 1. The van der Waals surface area contributed by atoms with Crippen molar-refractivity contribution >= 4 is 17.2 Å². The molecule has 5 rings (SSSR count). The highest BCUT2D eigenvalue weighted by Gasteiger charge is 2.18. The van der Waals surface area contributed by atoms with E-state index < -0.39 is 0 Å². The first-order valence-electron chi connectivity index (χ1n) is 8.72. The summed E-state index contributed by atoms with van der Waals surface area (Å²) in [6.07, 6.45) is 1.94. The van der Waals surface area contributed by atoms with Gasteiger partial charge in [0.2, 0.25) is 0 Å². The number of ether oxygens (including phenoxy) is 2. The van der Waals surface area contributed by atoms with E-state index in [4.69, 9.17) is 14.5 Å². The lowest BCUT2D eigenvalue weighted by molar-refractivity contribution is 0.171. The van der Waals surface area contributed by atoms with E-state index in [0.29, 0.717) is 30.2 Å². The van der Waals surface area contributed by atoms with Crippen LogP contribution in [0.5, 0.6) is 17.2 Å². The summed E-state index contributed by atoms with van der Waals surface area (Å²) in [4.78, 5) is 4.71. The van der Waals surface area contributed by atoms with Crippen molar-refractivity contribution in [3.63, 3.8) is 0 Å². The Hall–Kier alpha value is -3.67. The molecule has 0 unspecified atom stereocenters. The summed E-state index contributed by atoms with van der Waals surface area (Å²) in [5.41, 5.74) is 2.98. The highest BCUT2D eigenvalue weighted by molar-refractivity contribution is 5.82. The number of aromatic hydroxyl groups is 1. The predicted molar refractivity (Wildman–Crippen MR) is 103 cm³/mol. The molecule has 0 aliphatic carbocycles. The summed E-state index contributed by atoms with van der Waals surface area (Å²) in [5, 5.41) is 13.7. The number of fused-ring (bicyclic) bond motifs is 2. The number of hydrogen-bond acceptors (Lipinski definition) is 5. The number of para-hydroxylation sites is 1. The molecule has 0 bridgehead atoms. The minimum atomic E-state index is 0.186. The van der Waals surface area contributed by atoms with Crippen LogP contribution in [0.1, 0.15) is 0 Å². The normalized spacial score (nSPS) is 12.9. The Kier molecular flexibility index (Phi) is 3.60. The fourth-order valence-electron chi connectivity index (χ4n) is 3.23. The molecule has 6 heteroatoms. The fraction of sp³-hybridized carbons (Fsp3) is 0.0952. The van der Waals surface area contributed by atoms with Crippen molar-refractivity contribution in [2.24, 2.45) is 0 Å². The number of anilines is 2. The van der Waals surface area contributed by atoms with E-state index in [1.807, 2.05) is 59.1 Å². The van der Waals surface area contributed by atoms with Gasteiger partial charge in [0.05, 0.1) is 0 Å². The third kappa shape index (κ3) is 2.71. The molecular formula is C21H17N3O3. The zero-order chi connectivity index (χ0) is 18.2. The molecule has 0 atom stereocenters. The fourth-order valence-corrected chi connectivity index (χ4v) is 3.23. The number of imidazole rings is 1. The minimum absolute atomic E-state index is 0.186. The molecule has 2 aromatic carbocycles. The molecule has 3 heterocycles. The van der Waals surface area contributed by atoms with E-state index in [1.165, 1.54) is 0 Å². The van der Waals surface area contributed by atoms with Crippen molar-refractivity contribution in [3.8, 4) is 28.5 Å². The van der Waals surface area contributed by atoms with Crippen LogP contribution in [-0.2, 0) is 0 Å². The molecular weight excluding hydrogens is 342 g/mol. The van der Waals surface area contributed by atoms with Crippen LogP contribution in [0.2, 0.25) is 0 Å². The van der Waals surface area contributed by atoms with E-state index in [1.54, 1.807) is 12.1 Å². The SMILES string of the molecule is Oc1ccccc1-c1nc2ccccn2c1Nc1ccc2c(c1)OCCO2. The molecule has 0 spiro atoms. The average Bonchev–Trinajstić information content (AvgIpc) is 3.06. The van der Waals surface area contributed by atoms with Gasteiger partial charge in [-0.2, -0.15) is 0 Å². The van der Waals surface area contributed by atoms with Gasteiger partial charge in [-0.05, 0) is 36.4 Å². The molecule has 4 aromatic rings. The van der Waals surface area contributed by atoms with Crippen molar-refractivity contribution in [3.05, 3.63) is 66.9 Å². The number of benzene rings is 2.